The van der Waals surface area contributed by atoms with Gasteiger partial charge in [-0.15, -0.1) is 0 Å². The summed E-state index contributed by atoms with van der Waals surface area (Å²) < 4.78 is 6.38. The molecule has 0 bridgehead atoms. The number of nitrogens with zero attached hydrogens (tertiary/aromatic N) is 2. The lowest BCUT2D eigenvalue weighted by atomic mass is 9.88. The van der Waals surface area contributed by atoms with E-state index in [4.69, 9.17) is 4.74 Å². The molecule has 4 nitrogen and oxygen atoms in total. The summed E-state index contributed by atoms with van der Waals surface area (Å²) in [6.07, 6.45) is 5.87. The number of hydrogen-bond donors (Lipinski definition) is 0. The van der Waals surface area contributed by atoms with Crippen molar-refractivity contribution in [3.8, 4) is 5.75 Å². The molecule has 5 heteroatoms. The quantitative estimate of drug-likeness (QED) is 0.774. The summed E-state index contributed by atoms with van der Waals surface area (Å²) in [5, 5.41) is 0. The molecule has 1 aromatic heterocycles. The van der Waals surface area contributed by atoms with Gasteiger partial charge in [0.05, 0.1) is 0 Å². The Hall–Kier alpha value is -1.10. The molecule has 1 saturated carbocycles. The van der Waals surface area contributed by atoms with E-state index in [1.807, 2.05) is 17.0 Å². The summed E-state index contributed by atoms with van der Waals surface area (Å²) in [4.78, 5) is 18.7. The van der Waals surface area contributed by atoms with Crippen molar-refractivity contribution in [3.05, 3.63) is 16.7 Å². The Balaban J connectivity index is 1.87. The normalized spacial score (nSPS) is 23.4. The Morgan fingerprint density at radius 2 is 2.10 bits per heavy atom. The second kappa shape index (κ2) is 5.72. The van der Waals surface area contributed by atoms with Gasteiger partial charge in [0.1, 0.15) is 4.60 Å². The highest BCUT2D eigenvalue weighted by Crippen LogP contribution is 2.35. The third-order valence-electron chi connectivity index (χ3n) is 4.14. The van der Waals surface area contributed by atoms with Crippen LogP contribution in [0.15, 0.2) is 16.7 Å². The minimum Gasteiger partial charge on any atom is -0.477 e. The maximum atomic E-state index is 12.4. The van der Waals surface area contributed by atoms with Crippen molar-refractivity contribution in [1.82, 2.24) is 4.98 Å². The second-order valence-electron chi connectivity index (χ2n) is 5.67. The number of rotatable bonds is 2. The van der Waals surface area contributed by atoms with Gasteiger partial charge in [-0.2, -0.15) is 0 Å². The van der Waals surface area contributed by atoms with E-state index in [1.54, 1.807) is 6.92 Å². The molecule has 2 aliphatic rings. The molecule has 0 radical (unpaired) electrons. The summed E-state index contributed by atoms with van der Waals surface area (Å²) in [5.41, 5.74) is 0. The van der Waals surface area contributed by atoms with Crippen LogP contribution in [-0.2, 0) is 4.79 Å². The molecule has 3 rings (SSSR count). The minimum absolute atomic E-state index is 0.0219. The predicted octanol–water partition coefficient (Wildman–Crippen LogP) is 3.54. The topological polar surface area (TPSA) is 42.4 Å². The standard InChI is InChI=1S/C15H19BrN2O2/c1-10-15(19)18(9-11-5-3-2-4-6-11)14-12(20-10)7-8-13(16)17-14/h7-8,10-11H,2-6,9H2,1H3. The molecule has 0 aromatic carbocycles. The maximum absolute atomic E-state index is 12.4. The third-order valence-corrected chi connectivity index (χ3v) is 4.59. The number of carbonyl (C=O) groups excluding carboxylic acids is 1. The number of aromatic nitrogens is 1. The number of hydrogen-bond acceptors (Lipinski definition) is 3. The van der Waals surface area contributed by atoms with Gasteiger partial charge in [-0.3, -0.25) is 9.69 Å². The third kappa shape index (κ3) is 2.68. The summed E-state index contributed by atoms with van der Waals surface area (Å²) >= 11 is 3.37. The number of fused-ring (bicyclic) bond motifs is 1. The van der Waals surface area contributed by atoms with E-state index in [1.165, 1.54) is 32.1 Å². The van der Waals surface area contributed by atoms with Crippen LogP contribution in [0.25, 0.3) is 0 Å². The lowest BCUT2D eigenvalue weighted by Gasteiger charge is -2.35. The average Bonchev–Trinajstić information content (AvgIpc) is 2.46. The molecule has 108 valence electrons. The number of amides is 1. The van der Waals surface area contributed by atoms with E-state index in [9.17, 15) is 4.79 Å². The van der Waals surface area contributed by atoms with Crippen molar-refractivity contribution in [2.45, 2.75) is 45.1 Å². The van der Waals surface area contributed by atoms with Crippen LogP contribution in [0.2, 0.25) is 0 Å². The molecule has 0 N–H and O–H groups in total. The van der Waals surface area contributed by atoms with Crippen LogP contribution in [0.5, 0.6) is 5.75 Å². The first kappa shape index (κ1) is 13.9. The first-order valence-corrected chi connectivity index (χ1v) is 8.09. The van der Waals surface area contributed by atoms with Crippen molar-refractivity contribution in [1.29, 1.82) is 0 Å². The fourth-order valence-electron chi connectivity index (χ4n) is 3.07. The zero-order valence-corrected chi connectivity index (χ0v) is 13.2. The van der Waals surface area contributed by atoms with Gasteiger partial charge in [0.25, 0.3) is 5.91 Å². The summed E-state index contributed by atoms with van der Waals surface area (Å²) in [5.74, 6) is 1.98. The van der Waals surface area contributed by atoms with Crippen molar-refractivity contribution in [2.24, 2.45) is 5.92 Å². The highest BCUT2D eigenvalue weighted by atomic mass is 79.9. The van der Waals surface area contributed by atoms with E-state index in [0.29, 0.717) is 17.5 Å². The molecule has 2 heterocycles. The number of carbonyl (C=O) groups is 1. The fourth-order valence-corrected chi connectivity index (χ4v) is 3.37. The SMILES string of the molecule is CC1Oc2ccc(Br)nc2N(CC2CCCCC2)C1=O. The largest absolute Gasteiger partial charge is 0.477 e. The van der Waals surface area contributed by atoms with E-state index in [0.717, 1.165) is 11.1 Å². The Kier molecular flexibility index (Phi) is 3.96. The molecule has 1 atom stereocenters. The van der Waals surface area contributed by atoms with Crippen molar-refractivity contribution >= 4 is 27.7 Å². The van der Waals surface area contributed by atoms with Crippen LogP contribution in [0.4, 0.5) is 5.82 Å². The molecule has 1 amide bonds. The molecule has 1 aliphatic carbocycles. The van der Waals surface area contributed by atoms with Crippen LogP contribution in [0, 0.1) is 5.92 Å². The molecular formula is C15H19BrN2O2. The lowest BCUT2D eigenvalue weighted by Crippen LogP contribution is -2.47. The molecule has 0 spiro atoms. The van der Waals surface area contributed by atoms with E-state index >= 15 is 0 Å². The van der Waals surface area contributed by atoms with Gasteiger partial charge in [-0.05, 0) is 53.7 Å². The van der Waals surface area contributed by atoms with E-state index in [2.05, 4.69) is 20.9 Å². The van der Waals surface area contributed by atoms with E-state index in [-0.39, 0.29) is 5.91 Å². The van der Waals surface area contributed by atoms with Gasteiger partial charge in [0.2, 0.25) is 0 Å². The van der Waals surface area contributed by atoms with Gasteiger partial charge in [-0.25, -0.2) is 4.98 Å². The number of halogens is 1. The zero-order chi connectivity index (χ0) is 14.1. The molecular weight excluding hydrogens is 320 g/mol. The minimum atomic E-state index is -0.422. The van der Waals surface area contributed by atoms with Crippen molar-refractivity contribution in [2.75, 3.05) is 11.4 Å². The van der Waals surface area contributed by atoms with Crippen LogP contribution < -0.4 is 9.64 Å². The van der Waals surface area contributed by atoms with Gasteiger partial charge in [0.15, 0.2) is 17.7 Å². The summed E-state index contributed by atoms with van der Waals surface area (Å²) in [6, 6.07) is 3.73. The first-order valence-electron chi connectivity index (χ1n) is 7.30. The van der Waals surface area contributed by atoms with Crippen LogP contribution in [0.1, 0.15) is 39.0 Å². The second-order valence-corrected chi connectivity index (χ2v) is 6.48. The predicted molar refractivity (Wildman–Crippen MR) is 81.0 cm³/mol. The van der Waals surface area contributed by atoms with Gasteiger partial charge >= 0.3 is 0 Å². The summed E-state index contributed by atoms with van der Waals surface area (Å²) in [6.45, 7) is 2.57. The maximum Gasteiger partial charge on any atom is 0.269 e. The number of anilines is 1. The monoisotopic (exact) mass is 338 g/mol. The lowest BCUT2D eigenvalue weighted by molar-refractivity contribution is -0.125. The van der Waals surface area contributed by atoms with Gasteiger partial charge < -0.3 is 4.74 Å². The molecule has 20 heavy (non-hydrogen) atoms. The van der Waals surface area contributed by atoms with Crippen molar-refractivity contribution < 1.29 is 9.53 Å². The fraction of sp³-hybridized carbons (Fsp3) is 0.600. The molecule has 1 aromatic rings. The first-order chi connectivity index (χ1) is 9.65. The van der Waals surface area contributed by atoms with Gasteiger partial charge in [-0.1, -0.05) is 19.3 Å². The van der Waals surface area contributed by atoms with Crippen LogP contribution >= 0.6 is 15.9 Å². The zero-order valence-electron chi connectivity index (χ0n) is 11.6. The average molecular weight is 339 g/mol. The van der Waals surface area contributed by atoms with E-state index < -0.39 is 6.10 Å². The molecule has 1 fully saturated rings. The molecule has 0 saturated heterocycles. The Morgan fingerprint density at radius 1 is 1.35 bits per heavy atom. The smallest absolute Gasteiger partial charge is 0.269 e. The highest BCUT2D eigenvalue weighted by Gasteiger charge is 2.34. The van der Waals surface area contributed by atoms with Gasteiger partial charge in [0, 0.05) is 6.54 Å². The van der Waals surface area contributed by atoms with Crippen LogP contribution in [0.3, 0.4) is 0 Å². The Morgan fingerprint density at radius 3 is 2.85 bits per heavy atom. The number of ether oxygens (including phenoxy) is 1. The Labute approximate surface area is 127 Å². The molecule has 1 unspecified atom stereocenters. The highest BCUT2D eigenvalue weighted by molar-refractivity contribution is 9.10. The summed E-state index contributed by atoms with van der Waals surface area (Å²) in [7, 11) is 0. The van der Waals surface area contributed by atoms with Crippen LogP contribution in [-0.4, -0.2) is 23.5 Å². The Bertz CT molecular complexity index is 515. The number of pyridine rings is 1. The van der Waals surface area contributed by atoms with Crippen molar-refractivity contribution in [3.63, 3.8) is 0 Å². The molecule has 1 aliphatic heterocycles.